The van der Waals surface area contributed by atoms with E-state index in [-0.39, 0.29) is 11.5 Å². The summed E-state index contributed by atoms with van der Waals surface area (Å²) < 4.78 is 20.9. The highest BCUT2D eigenvalue weighted by atomic mass is 19.1. The summed E-state index contributed by atoms with van der Waals surface area (Å²) in [5, 5.41) is 15.8. The molecule has 1 saturated carbocycles. The number of ether oxygens (including phenoxy) is 1. The van der Waals surface area contributed by atoms with Crippen LogP contribution in [-0.2, 0) is 4.74 Å². The van der Waals surface area contributed by atoms with Crippen molar-refractivity contribution >= 4 is 22.7 Å². The summed E-state index contributed by atoms with van der Waals surface area (Å²) in [6.45, 7) is 7.65. The molecular formula is C28H34FN5O3. The van der Waals surface area contributed by atoms with Gasteiger partial charge in [0.1, 0.15) is 5.82 Å². The van der Waals surface area contributed by atoms with Gasteiger partial charge in [-0.1, -0.05) is 6.42 Å². The number of benzene rings is 1. The topological polar surface area (TPSA) is 83.7 Å². The Labute approximate surface area is 216 Å². The highest BCUT2D eigenvalue weighted by molar-refractivity contribution is 5.98. The van der Waals surface area contributed by atoms with E-state index in [1.165, 1.54) is 12.1 Å². The first-order chi connectivity index (χ1) is 18.0. The molecule has 1 atom stereocenters. The van der Waals surface area contributed by atoms with E-state index in [1.54, 1.807) is 22.9 Å². The third kappa shape index (κ3) is 4.59. The summed E-state index contributed by atoms with van der Waals surface area (Å²) in [6, 6.07) is 8.36. The van der Waals surface area contributed by atoms with Gasteiger partial charge in [-0.3, -0.25) is 4.90 Å². The van der Waals surface area contributed by atoms with Crippen molar-refractivity contribution in [1.82, 2.24) is 19.7 Å². The minimum atomic E-state index is -1.06. The van der Waals surface area contributed by atoms with Crippen LogP contribution >= 0.6 is 0 Å². The van der Waals surface area contributed by atoms with Gasteiger partial charge in [0.05, 0.1) is 35.7 Å². The van der Waals surface area contributed by atoms with Gasteiger partial charge >= 0.3 is 5.97 Å². The van der Waals surface area contributed by atoms with E-state index in [4.69, 9.17) is 9.84 Å². The number of halogens is 1. The normalized spacial score (nSPS) is 20.8. The monoisotopic (exact) mass is 507 g/mol. The predicted molar refractivity (Wildman–Crippen MR) is 139 cm³/mol. The zero-order valence-corrected chi connectivity index (χ0v) is 21.3. The zero-order chi connectivity index (χ0) is 25.5. The quantitative estimate of drug-likeness (QED) is 0.527. The number of anilines is 1. The van der Waals surface area contributed by atoms with Crippen LogP contribution in [0.15, 0.2) is 30.3 Å². The standard InChI is InChI=1S/C28H34FN5O3/c1-18(32-13-15-37-16-14-32)19-9-11-33(12-10-19)24-17-23(28(35)36)30-27-25(24)26(20-3-2-4-20)31-34(27)22-7-5-21(29)6-8-22/h5-8,17-20H,2-4,9-16H2,1H3,(H,35,36). The summed E-state index contributed by atoms with van der Waals surface area (Å²) in [7, 11) is 0. The second-order valence-corrected chi connectivity index (χ2v) is 10.6. The third-order valence-electron chi connectivity index (χ3n) is 8.61. The fourth-order valence-corrected chi connectivity index (χ4v) is 6.12. The van der Waals surface area contributed by atoms with Crippen molar-refractivity contribution in [2.24, 2.45) is 5.92 Å². The summed E-state index contributed by atoms with van der Waals surface area (Å²) in [6.07, 6.45) is 5.39. The van der Waals surface area contributed by atoms with Crippen LogP contribution in [-0.4, -0.2) is 76.2 Å². The molecule has 4 heterocycles. The van der Waals surface area contributed by atoms with E-state index in [1.807, 2.05) is 0 Å². The lowest BCUT2D eigenvalue weighted by atomic mass is 9.81. The highest BCUT2D eigenvalue weighted by Crippen LogP contribution is 2.43. The largest absolute Gasteiger partial charge is 0.477 e. The van der Waals surface area contributed by atoms with E-state index < -0.39 is 5.97 Å². The van der Waals surface area contributed by atoms with E-state index in [0.717, 1.165) is 88.3 Å². The van der Waals surface area contributed by atoms with Crippen LogP contribution < -0.4 is 4.90 Å². The minimum Gasteiger partial charge on any atom is -0.477 e. The molecule has 1 aliphatic carbocycles. The van der Waals surface area contributed by atoms with Crippen LogP contribution in [0.2, 0.25) is 0 Å². The Balaban J connectivity index is 1.37. The number of morpholine rings is 1. The van der Waals surface area contributed by atoms with Gasteiger partial charge in [0.2, 0.25) is 0 Å². The van der Waals surface area contributed by atoms with Gasteiger partial charge in [-0.05, 0) is 68.9 Å². The van der Waals surface area contributed by atoms with Crippen molar-refractivity contribution in [2.75, 3.05) is 44.3 Å². The SMILES string of the molecule is CC(C1CCN(c2cc(C(=O)O)nc3c2c(C2CCC2)nn3-c2ccc(F)cc2)CC1)N1CCOCC1. The Kier molecular flexibility index (Phi) is 6.58. The molecule has 0 radical (unpaired) electrons. The average molecular weight is 508 g/mol. The van der Waals surface area contributed by atoms with Crippen LogP contribution in [0.3, 0.4) is 0 Å². The molecule has 2 aromatic heterocycles. The van der Waals surface area contributed by atoms with Crippen LogP contribution in [0.5, 0.6) is 0 Å². The van der Waals surface area contributed by atoms with E-state index in [2.05, 4.69) is 21.7 Å². The smallest absolute Gasteiger partial charge is 0.354 e. The van der Waals surface area contributed by atoms with Crippen LogP contribution in [0.1, 0.15) is 61.1 Å². The maximum atomic E-state index is 13.7. The second kappa shape index (κ2) is 10.0. The fourth-order valence-electron chi connectivity index (χ4n) is 6.12. The van der Waals surface area contributed by atoms with Gasteiger partial charge in [-0.2, -0.15) is 5.10 Å². The number of hydrogen-bond donors (Lipinski definition) is 1. The van der Waals surface area contributed by atoms with E-state index >= 15 is 0 Å². The third-order valence-corrected chi connectivity index (χ3v) is 8.61. The predicted octanol–water partition coefficient (Wildman–Crippen LogP) is 4.46. The molecule has 3 fully saturated rings. The Morgan fingerprint density at radius 1 is 1.08 bits per heavy atom. The Morgan fingerprint density at radius 2 is 1.78 bits per heavy atom. The fraction of sp³-hybridized carbons (Fsp3) is 0.536. The number of aromatic carboxylic acids is 1. The molecule has 6 rings (SSSR count). The van der Waals surface area contributed by atoms with Gasteiger partial charge in [-0.15, -0.1) is 0 Å². The lowest BCUT2D eigenvalue weighted by molar-refractivity contribution is 0.00449. The number of fused-ring (bicyclic) bond motifs is 1. The first kappa shape index (κ1) is 24.3. The number of carboxylic acids is 1. The van der Waals surface area contributed by atoms with Crippen molar-refractivity contribution in [3.05, 3.63) is 47.5 Å². The molecule has 37 heavy (non-hydrogen) atoms. The molecule has 8 nitrogen and oxygen atoms in total. The lowest BCUT2D eigenvalue weighted by Gasteiger charge is -2.41. The first-order valence-corrected chi connectivity index (χ1v) is 13.5. The number of hydrogen-bond acceptors (Lipinski definition) is 6. The molecule has 0 bridgehead atoms. The van der Waals surface area contributed by atoms with Crippen molar-refractivity contribution in [3.63, 3.8) is 0 Å². The Hall–Kier alpha value is -3.04. The van der Waals surface area contributed by atoms with Gasteiger partial charge in [0.25, 0.3) is 0 Å². The molecule has 1 N–H and O–H groups in total. The number of pyridine rings is 1. The molecule has 3 aliphatic rings. The molecule has 196 valence electrons. The number of nitrogens with zero attached hydrogens (tertiary/aromatic N) is 5. The van der Waals surface area contributed by atoms with E-state index in [9.17, 15) is 14.3 Å². The van der Waals surface area contributed by atoms with Gasteiger partial charge in [-0.25, -0.2) is 18.9 Å². The molecule has 2 aliphatic heterocycles. The Morgan fingerprint density at radius 3 is 2.41 bits per heavy atom. The van der Waals surface area contributed by atoms with Crippen molar-refractivity contribution < 1.29 is 19.0 Å². The van der Waals surface area contributed by atoms with Crippen molar-refractivity contribution in [1.29, 1.82) is 0 Å². The molecule has 1 unspecified atom stereocenters. The number of aromatic nitrogens is 3. The van der Waals surface area contributed by atoms with Crippen LogP contribution in [0.4, 0.5) is 10.1 Å². The summed E-state index contributed by atoms with van der Waals surface area (Å²) in [5.41, 5.74) is 3.11. The average Bonchev–Trinajstić information content (AvgIpc) is 3.27. The van der Waals surface area contributed by atoms with Crippen LogP contribution in [0, 0.1) is 11.7 Å². The molecule has 9 heteroatoms. The molecule has 0 spiro atoms. The number of rotatable bonds is 6. The summed E-state index contributed by atoms with van der Waals surface area (Å²) >= 11 is 0. The second-order valence-electron chi connectivity index (χ2n) is 10.6. The van der Waals surface area contributed by atoms with Crippen LogP contribution in [0.25, 0.3) is 16.7 Å². The number of carbonyl (C=O) groups is 1. The van der Waals surface area contributed by atoms with Crippen molar-refractivity contribution in [3.8, 4) is 5.69 Å². The highest BCUT2D eigenvalue weighted by Gasteiger charge is 2.33. The minimum absolute atomic E-state index is 0.00901. The maximum absolute atomic E-state index is 13.7. The molecular weight excluding hydrogens is 473 g/mol. The van der Waals surface area contributed by atoms with Crippen molar-refractivity contribution in [2.45, 2.75) is 51.0 Å². The maximum Gasteiger partial charge on any atom is 0.354 e. The molecule has 2 saturated heterocycles. The lowest BCUT2D eigenvalue weighted by Crippen LogP contribution is -2.48. The summed E-state index contributed by atoms with van der Waals surface area (Å²) in [4.78, 5) is 21.5. The molecule has 0 amide bonds. The molecule has 3 aromatic rings. The zero-order valence-electron chi connectivity index (χ0n) is 21.3. The van der Waals surface area contributed by atoms with Gasteiger partial charge < -0.3 is 14.7 Å². The van der Waals surface area contributed by atoms with E-state index in [0.29, 0.717) is 29.2 Å². The first-order valence-electron chi connectivity index (χ1n) is 13.5. The number of piperidine rings is 1. The molecule has 1 aromatic carbocycles. The van der Waals surface area contributed by atoms with Gasteiger partial charge in [0, 0.05) is 38.1 Å². The summed E-state index contributed by atoms with van der Waals surface area (Å²) in [5.74, 6) is -0.456. The Bertz CT molecular complexity index is 1280. The number of carboxylic acid groups (broad SMARTS) is 1. The van der Waals surface area contributed by atoms with Gasteiger partial charge in [0.15, 0.2) is 11.3 Å².